The number of rotatable bonds is 6. The van der Waals surface area contributed by atoms with Crippen LogP contribution in [-0.2, 0) is 11.3 Å². The quantitative estimate of drug-likeness (QED) is 0.850. The van der Waals surface area contributed by atoms with Crippen molar-refractivity contribution >= 4 is 17.3 Å². The normalized spacial score (nSPS) is 17.4. The van der Waals surface area contributed by atoms with E-state index in [1.54, 1.807) is 0 Å². The molecule has 1 unspecified atom stereocenters. The minimum atomic E-state index is 0.256. The van der Waals surface area contributed by atoms with Crippen molar-refractivity contribution < 1.29 is 9.47 Å². The predicted molar refractivity (Wildman–Crippen MR) is 89.7 cm³/mol. The summed E-state index contributed by atoms with van der Waals surface area (Å²) in [4.78, 5) is 0. The Balaban J connectivity index is 1.47. The monoisotopic (exact) mass is 317 g/mol. The van der Waals surface area contributed by atoms with Crippen LogP contribution < -0.4 is 10.1 Å². The first-order valence-corrected chi connectivity index (χ1v) is 8.00. The van der Waals surface area contributed by atoms with Gasteiger partial charge >= 0.3 is 0 Å². The maximum absolute atomic E-state index is 5.87. The molecule has 1 atom stereocenters. The molecule has 1 heterocycles. The van der Waals surface area contributed by atoms with E-state index in [0.717, 1.165) is 42.5 Å². The first-order chi connectivity index (χ1) is 10.8. The van der Waals surface area contributed by atoms with Crippen molar-refractivity contribution in [2.24, 2.45) is 0 Å². The fourth-order valence-electron chi connectivity index (χ4n) is 2.44. The zero-order chi connectivity index (χ0) is 15.2. The molecule has 0 spiro atoms. The minimum Gasteiger partial charge on any atom is -0.491 e. The van der Waals surface area contributed by atoms with Crippen LogP contribution in [0.2, 0.25) is 5.02 Å². The van der Waals surface area contributed by atoms with Crippen LogP contribution in [0.1, 0.15) is 18.4 Å². The van der Waals surface area contributed by atoms with Crippen LogP contribution in [0, 0.1) is 0 Å². The van der Waals surface area contributed by atoms with Gasteiger partial charge in [-0.3, -0.25) is 0 Å². The van der Waals surface area contributed by atoms with E-state index < -0.39 is 0 Å². The number of hydrogen-bond acceptors (Lipinski definition) is 3. The van der Waals surface area contributed by atoms with E-state index in [9.17, 15) is 0 Å². The Morgan fingerprint density at radius 1 is 1.09 bits per heavy atom. The second kappa shape index (κ2) is 7.52. The van der Waals surface area contributed by atoms with Crippen LogP contribution in [0.3, 0.4) is 0 Å². The van der Waals surface area contributed by atoms with Crippen molar-refractivity contribution in [3.05, 3.63) is 59.1 Å². The fraction of sp³-hybridized carbons (Fsp3) is 0.333. The maximum atomic E-state index is 5.87. The van der Waals surface area contributed by atoms with Gasteiger partial charge in [-0.05, 0) is 54.8 Å². The molecule has 0 aliphatic carbocycles. The molecule has 1 saturated heterocycles. The van der Waals surface area contributed by atoms with Gasteiger partial charge in [-0.1, -0.05) is 23.7 Å². The highest BCUT2D eigenvalue weighted by molar-refractivity contribution is 6.30. The largest absolute Gasteiger partial charge is 0.491 e. The van der Waals surface area contributed by atoms with E-state index >= 15 is 0 Å². The van der Waals surface area contributed by atoms with Crippen molar-refractivity contribution in [1.82, 2.24) is 0 Å². The van der Waals surface area contributed by atoms with E-state index in [-0.39, 0.29) is 6.10 Å². The highest BCUT2D eigenvalue weighted by Crippen LogP contribution is 2.18. The molecule has 2 aromatic rings. The lowest BCUT2D eigenvalue weighted by Gasteiger charge is -2.12. The number of nitrogens with one attached hydrogen (secondary N) is 1. The van der Waals surface area contributed by atoms with Gasteiger partial charge < -0.3 is 14.8 Å². The molecule has 116 valence electrons. The molecule has 1 aliphatic heterocycles. The molecule has 0 aromatic heterocycles. The Bertz CT molecular complexity index is 577. The molecule has 4 heteroatoms. The van der Waals surface area contributed by atoms with Crippen LogP contribution in [-0.4, -0.2) is 19.3 Å². The maximum Gasteiger partial charge on any atom is 0.119 e. The van der Waals surface area contributed by atoms with Gasteiger partial charge in [-0.2, -0.15) is 0 Å². The number of ether oxygens (including phenoxy) is 2. The second-order valence-corrected chi connectivity index (χ2v) is 5.89. The molecule has 0 radical (unpaired) electrons. The summed E-state index contributed by atoms with van der Waals surface area (Å²) in [5.41, 5.74) is 2.27. The summed E-state index contributed by atoms with van der Waals surface area (Å²) in [6.07, 6.45) is 2.50. The molecule has 2 aromatic carbocycles. The Morgan fingerprint density at radius 2 is 1.86 bits per heavy atom. The van der Waals surface area contributed by atoms with Gasteiger partial charge in [0.25, 0.3) is 0 Å². The Hall–Kier alpha value is -1.71. The second-order valence-electron chi connectivity index (χ2n) is 5.45. The number of hydrogen-bond donors (Lipinski definition) is 1. The zero-order valence-electron chi connectivity index (χ0n) is 12.4. The number of halogens is 1. The molecule has 22 heavy (non-hydrogen) atoms. The number of anilines is 1. The van der Waals surface area contributed by atoms with Crippen LogP contribution in [0.4, 0.5) is 5.69 Å². The summed E-state index contributed by atoms with van der Waals surface area (Å²) in [5, 5.41) is 4.11. The topological polar surface area (TPSA) is 30.5 Å². The van der Waals surface area contributed by atoms with Crippen LogP contribution >= 0.6 is 11.6 Å². The fourth-order valence-corrected chi connectivity index (χ4v) is 2.57. The van der Waals surface area contributed by atoms with Gasteiger partial charge in [-0.15, -0.1) is 0 Å². The lowest BCUT2D eigenvalue weighted by atomic mass is 10.2. The molecule has 1 fully saturated rings. The third-order valence-corrected chi connectivity index (χ3v) is 3.98. The zero-order valence-corrected chi connectivity index (χ0v) is 13.2. The highest BCUT2D eigenvalue weighted by atomic mass is 35.5. The van der Waals surface area contributed by atoms with Crippen LogP contribution in [0.5, 0.6) is 5.75 Å². The van der Waals surface area contributed by atoms with Crippen molar-refractivity contribution in [1.29, 1.82) is 0 Å². The average molecular weight is 318 g/mol. The Morgan fingerprint density at radius 3 is 2.55 bits per heavy atom. The third-order valence-electron chi connectivity index (χ3n) is 3.72. The molecule has 3 rings (SSSR count). The number of benzene rings is 2. The predicted octanol–water partition coefficient (Wildman–Crippen LogP) is 4.51. The minimum absolute atomic E-state index is 0.256. The molecule has 1 aliphatic rings. The van der Waals surface area contributed by atoms with Gasteiger partial charge in [0.05, 0.1) is 6.10 Å². The smallest absolute Gasteiger partial charge is 0.119 e. The highest BCUT2D eigenvalue weighted by Gasteiger charge is 2.15. The summed E-state index contributed by atoms with van der Waals surface area (Å²) < 4.78 is 11.3. The average Bonchev–Trinajstić information content (AvgIpc) is 3.07. The first kappa shape index (κ1) is 15.2. The van der Waals surface area contributed by atoms with E-state index in [1.807, 2.05) is 36.4 Å². The molecular formula is C18H20ClNO2. The van der Waals surface area contributed by atoms with Crippen molar-refractivity contribution in [3.8, 4) is 5.75 Å². The van der Waals surface area contributed by atoms with Gasteiger partial charge in [0, 0.05) is 23.9 Å². The molecule has 0 bridgehead atoms. The lowest BCUT2D eigenvalue weighted by molar-refractivity contribution is 0.0679. The van der Waals surface area contributed by atoms with E-state index in [0.29, 0.717) is 6.61 Å². The summed E-state index contributed by atoms with van der Waals surface area (Å²) in [6.45, 7) is 2.28. The van der Waals surface area contributed by atoms with Crippen molar-refractivity contribution in [3.63, 3.8) is 0 Å². The van der Waals surface area contributed by atoms with Crippen molar-refractivity contribution in [2.45, 2.75) is 25.5 Å². The molecule has 0 amide bonds. The molecular weight excluding hydrogens is 298 g/mol. The van der Waals surface area contributed by atoms with Gasteiger partial charge in [0.15, 0.2) is 0 Å². The van der Waals surface area contributed by atoms with Crippen LogP contribution in [0.15, 0.2) is 48.5 Å². The Labute approximate surface area is 136 Å². The third kappa shape index (κ3) is 4.39. The lowest BCUT2D eigenvalue weighted by Crippen LogP contribution is -2.16. The van der Waals surface area contributed by atoms with E-state index in [4.69, 9.17) is 21.1 Å². The first-order valence-electron chi connectivity index (χ1n) is 7.62. The SMILES string of the molecule is Clc1ccc(NCc2ccc(OCC3CCCO3)cc2)cc1. The summed E-state index contributed by atoms with van der Waals surface area (Å²) in [5.74, 6) is 0.894. The summed E-state index contributed by atoms with van der Waals surface area (Å²) >= 11 is 5.87. The summed E-state index contributed by atoms with van der Waals surface area (Å²) in [7, 11) is 0. The van der Waals surface area contributed by atoms with Crippen LogP contribution in [0.25, 0.3) is 0 Å². The molecule has 0 saturated carbocycles. The van der Waals surface area contributed by atoms with E-state index in [1.165, 1.54) is 5.56 Å². The van der Waals surface area contributed by atoms with Gasteiger partial charge in [0.1, 0.15) is 12.4 Å². The Kier molecular flexibility index (Phi) is 5.20. The van der Waals surface area contributed by atoms with E-state index in [2.05, 4.69) is 17.4 Å². The molecule has 3 nitrogen and oxygen atoms in total. The molecule has 1 N–H and O–H groups in total. The standard InChI is InChI=1S/C18H20ClNO2/c19-15-5-7-16(8-6-15)20-12-14-3-9-17(10-4-14)22-13-18-2-1-11-21-18/h3-10,18,20H,1-2,11-13H2. The summed E-state index contributed by atoms with van der Waals surface area (Å²) in [6, 6.07) is 15.9. The van der Waals surface area contributed by atoms with Gasteiger partial charge in [-0.25, -0.2) is 0 Å². The van der Waals surface area contributed by atoms with Gasteiger partial charge in [0.2, 0.25) is 0 Å². The van der Waals surface area contributed by atoms with Crippen molar-refractivity contribution in [2.75, 3.05) is 18.5 Å².